The predicted molar refractivity (Wildman–Crippen MR) is 88.5 cm³/mol. The number of aryl methyl sites for hydroxylation is 1. The van der Waals surface area contributed by atoms with Gasteiger partial charge in [-0.15, -0.1) is 0 Å². The van der Waals surface area contributed by atoms with Crippen LogP contribution in [-0.4, -0.2) is 27.4 Å². The number of benzene rings is 1. The molecule has 3 rings (SSSR count). The number of aromatic nitrogens is 2. The van der Waals surface area contributed by atoms with Crippen LogP contribution in [0.2, 0.25) is 0 Å². The predicted octanol–water partition coefficient (Wildman–Crippen LogP) is 3.17. The number of hydrogen-bond acceptors (Lipinski definition) is 3. The van der Waals surface area contributed by atoms with Gasteiger partial charge in [-0.05, 0) is 25.3 Å². The van der Waals surface area contributed by atoms with Gasteiger partial charge in [0.1, 0.15) is 0 Å². The highest BCUT2D eigenvalue weighted by molar-refractivity contribution is 5.62. The van der Waals surface area contributed by atoms with Crippen molar-refractivity contribution in [3.05, 3.63) is 41.6 Å². The van der Waals surface area contributed by atoms with Gasteiger partial charge in [0.15, 0.2) is 0 Å². The number of H-pyrrole nitrogens is 1. The van der Waals surface area contributed by atoms with Crippen molar-refractivity contribution in [3.8, 4) is 11.3 Å². The summed E-state index contributed by atoms with van der Waals surface area (Å²) >= 11 is 0. The van der Waals surface area contributed by atoms with Gasteiger partial charge in [-0.1, -0.05) is 49.1 Å². The summed E-state index contributed by atoms with van der Waals surface area (Å²) in [5.74, 6) is 0. The molecule has 118 valence electrons. The Labute approximate surface area is 132 Å². The number of rotatable bonds is 5. The summed E-state index contributed by atoms with van der Waals surface area (Å²) < 4.78 is 0. The van der Waals surface area contributed by atoms with Crippen molar-refractivity contribution in [1.82, 2.24) is 15.5 Å². The average molecular weight is 299 g/mol. The molecule has 22 heavy (non-hydrogen) atoms. The van der Waals surface area contributed by atoms with E-state index in [0.29, 0.717) is 6.54 Å². The lowest BCUT2D eigenvalue weighted by molar-refractivity contribution is 0.00468. The first-order valence-corrected chi connectivity index (χ1v) is 8.19. The fraction of sp³-hybridized carbons (Fsp3) is 0.500. The fourth-order valence-corrected chi connectivity index (χ4v) is 3.23. The Hall–Kier alpha value is -1.65. The molecular formula is C18H25N3O. The lowest BCUT2D eigenvalue weighted by Crippen LogP contribution is -2.41. The molecular weight excluding hydrogens is 274 g/mol. The van der Waals surface area contributed by atoms with Crippen LogP contribution in [0.5, 0.6) is 0 Å². The van der Waals surface area contributed by atoms with Crippen molar-refractivity contribution in [2.24, 2.45) is 0 Å². The number of nitrogens with one attached hydrogen (secondary N) is 2. The van der Waals surface area contributed by atoms with E-state index in [0.717, 1.165) is 49.0 Å². The monoisotopic (exact) mass is 299 g/mol. The first-order chi connectivity index (χ1) is 10.7. The van der Waals surface area contributed by atoms with Crippen LogP contribution < -0.4 is 5.32 Å². The third-order valence-corrected chi connectivity index (χ3v) is 4.61. The number of hydrogen-bond donors (Lipinski definition) is 3. The molecule has 0 saturated heterocycles. The van der Waals surface area contributed by atoms with Crippen LogP contribution >= 0.6 is 0 Å². The summed E-state index contributed by atoms with van der Waals surface area (Å²) in [5.41, 5.74) is 4.08. The summed E-state index contributed by atoms with van der Waals surface area (Å²) in [4.78, 5) is 0. The maximum Gasteiger partial charge on any atom is 0.0771 e. The van der Waals surface area contributed by atoms with Gasteiger partial charge in [-0.25, -0.2) is 0 Å². The lowest BCUT2D eigenvalue weighted by Gasteiger charge is -2.32. The van der Waals surface area contributed by atoms with Gasteiger partial charge in [0.25, 0.3) is 0 Å². The largest absolute Gasteiger partial charge is 0.389 e. The molecule has 4 nitrogen and oxygen atoms in total. The van der Waals surface area contributed by atoms with Crippen LogP contribution in [0.3, 0.4) is 0 Å². The zero-order valence-electron chi connectivity index (χ0n) is 13.2. The molecule has 0 atom stereocenters. The third kappa shape index (κ3) is 3.57. The molecule has 0 amide bonds. The topological polar surface area (TPSA) is 60.9 Å². The molecule has 3 N–H and O–H groups in total. The van der Waals surface area contributed by atoms with Gasteiger partial charge in [0.2, 0.25) is 0 Å². The summed E-state index contributed by atoms with van der Waals surface area (Å²) in [7, 11) is 0. The number of aliphatic hydroxyl groups is 1. The van der Waals surface area contributed by atoms with Crippen molar-refractivity contribution in [3.63, 3.8) is 0 Å². The molecule has 0 aliphatic heterocycles. The SMILES string of the molecule is Cc1ccc(-c2[nH]ncc2CNCC2(O)CCCCC2)cc1. The fourth-order valence-electron chi connectivity index (χ4n) is 3.23. The molecule has 1 aliphatic carbocycles. The molecule has 0 bridgehead atoms. The minimum Gasteiger partial charge on any atom is -0.389 e. The van der Waals surface area contributed by atoms with Crippen molar-refractivity contribution in [2.45, 2.75) is 51.2 Å². The third-order valence-electron chi connectivity index (χ3n) is 4.61. The summed E-state index contributed by atoms with van der Waals surface area (Å²) in [5, 5.41) is 21.2. The highest BCUT2D eigenvalue weighted by atomic mass is 16.3. The van der Waals surface area contributed by atoms with Gasteiger partial charge in [-0.2, -0.15) is 5.10 Å². The van der Waals surface area contributed by atoms with E-state index in [1.165, 1.54) is 12.0 Å². The second-order valence-electron chi connectivity index (χ2n) is 6.52. The van der Waals surface area contributed by atoms with Gasteiger partial charge in [0, 0.05) is 18.7 Å². The Morgan fingerprint density at radius 3 is 2.64 bits per heavy atom. The van der Waals surface area contributed by atoms with Crippen molar-refractivity contribution in [1.29, 1.82) is 0 Å². The quantitative estimate of drug-likeness (QED) is 0.794. The maximum absolute atomic E-state index is 10.5. The smallest absolute Gasteiger partial charge is 0.0771 e. The van der Waals surface area contributed by atoms with E-state index in [9.17, 15) is 5.11 Å². The van der Waals surface area contributed by atoms with E-state index in [-0.39, 0.29) is 0 Å². The van der Waals surface area contributed by atoms with Crippen LogP contribution in [0, 0.1) is 6.92 Å². The van der Waals surface area contributed by atoms with Crippen LogP contribution in [0.1, 0.15) is 43.2 Å². The second kappa shape index (κ2) is 6.63. The standard InChI is InChI=1S/C18H25N3O/c1-14-5-7-15(8-6-14)17-16(12-20-21-17)11-19-13-18(22)9-3-2-4-10-18/h5-8,12,19,22H,2-4,9-11,13H2,1H3,(H,20,21). The van der Waals surface area contributed by atoms with Crippen molar-refractivity contribution in [2.75, 3.05) is 6.54 Å². The Morgan fingerprint density at radius 1 is 1.18 bits per heavy atom. The van der Waals surface area contributed by atoms with Crippen LogP contribution in [-0.2, 0) is 6.54 Å². The van der Waals surface area contributed by atoms with E-state index >= 15 is 0 Å². The first-order valence-electron chi connectivity index (χ1n) is 8.19. The Morgan fingerprint density at radius 2 is 1.91 bits per heavy atom. The molecule has 0 radical (unpaired) electrons. The number of nitrogens with zero attached hydrogens (tertiary/aromatic N) is 1. The van der Waals surface area contributed by atoms with Gasteiger partial charge >= 0.3 is 0 Å². The Kier molecular flexibility index (Phi) is 4.60. The van der Waals surface area contributed by atoms with E-state index in [2.05, 4.69) is 46.7 Å². The van der Waals surface area contributed by atoms with Crippen LogP contribution in [0.15, 0.2) is 30.5 Å². The van der Waals surface area contributed by atoms with Gasteiger partial charge < -0.3 is 10.4 Å². The lowest BCUT2D eigenvalue weighted by atomic mass is 9.85. The van der Waals surface area contributed by atoms with E-state index in [4.69, 9.17) is 0 Å². The van der Waals surface area contributed by atoms with Crippen molar-refractivity contribution < 1.29 is 5.11 Å². The highest BCUT2D eigenvalue weighted by Gasteiger charge is 2.28. The zero-order chi connectivity index (χ0) is 15.4. The maximum atomic E-state index is 10.5. The molecule has 2 aromatic rings. The number of aromatic amines is 1. The molecule has 1 aliphatic rings. The Bertz CT molecular complexity index is 597. The average Bonchev–Trinajstić information content (AvgIpc) is 2.97. The summed E-state index contributed by atoms with van der Waals surface area (Å²) in [6.45, 7) is 3.47. The van der Waals surface area contributed by atoms with E-state index in [1.807, 2.05) is 6.20 Å². The van der Waals surface area contributed by atoms with Crippen LogP contribution in [0.25, 0.3) is 11.3 Å². The minimum atomic E-state index is -0.522. The molecule has 4 heteroatoms. The van der Waals surface area contributed by atoms with Crippen LogP contribution in [0.4, 0.5) is 0 Å². The van der Waals surface area contributed by atoms with Gasteiger partial charge in [0.05, 0.1) is 17.5 Å². The first kappa shape index (κ1) is 15.3. The minimum absolute atomic E-state index is 0.522. The van der Waals surface area contributed by atoms with E-state index in [1.54, 1.807) is 0 Å². The molecule has 1 heterocycles. The molecule has 1 aromatic heterocycles. The molecule has 1 aromatic carbocycles. The van der Waals surface area contributed by atoms with Crippen molar-refractivity contribution >= 4 is 0 Å². The molecule has 0 unspecified atom stereocenters. The summed E-state index contributed by atoms with van der Waals surface area (Å²) in [6.07, 6.45) is 7.22. The zero-order valence-corrected chi connectivity index (χ0v) is 13.2. The molecule has 0 spiro atoms. The van der Waals surface area contributed by atoms with E-state index < -0.39 is 5.60 Å². The second-order valence-corrected chi connectivity index (χ2v) is 6.52. The van der Waals surface area contributed by atoms with Gasteiger partial charge in [-0.3, -0.25) is 5.10 Å². The highest BCUT2D eigenvalue weighted by Crippen LogP contribution is 2.27. The normalized spacial score (nSPS) is 17.5. The Balaban J connectivity index is 1.62. The molecule has 1 saturated carbocycles. The molecule has 1 fully saturated rings. The summed E-state index contributed by atoms with van der Waals surface area (Å²) in [6, 6.07) is 8.44.